The molecule has 18 heavy (non-hydrogen) atoms. The summed E-state index contributed by atoms with van der Waals surface area (Å²) in [6.45, 7) is 4.91. The molecule has 1 amide bonds. The maximum absolute atomic E-state index is 12.3. The Hall–Kier alpha value is -0.870. The first-order valence-corrected chi connectivity index (χ1v) is 7.13. The zero-order chi connectivity index (χ0) is 13.2. The number of benzene rings is 1. The summed E-state index contributed by atoms with van der Waals surface area (Å²) in [7, 11) is 0. The predicted molar refractivity (Wildman–Crippen MR) is 77.8 cm³/mol. The summed E-state index contributed by atoms with van der Waals surface area (Å²) in [6, 6.07) is 5.86. The highest BCUT2D eigenvalue weighted by Gasteiger charge is 2.34. The summed E-state index contributed by atoms with van der Waals surface area (Å²) in [5, 5.41) is 6.32. The number of hydrogen-bond donors (Lipinski definition) is 2. The Balaban J connectivity index is 2.08. The molecule has 1 atom stereocenters. The second-order valence-electron chi connectivity index (χ2n) is 5.13. The molecule has 1 aromatic carbocycles. The molecule has 0 radical (unpaired) electrons. The largest absolute Gasteiger partial charge is 0.324 e. The fraction of sp³-hybridized carbons (Fsp3) is 0.500. The van der Waals surface area contributed by atoms with Gasteiger partial charge in [-0.1, -0.05) is 15.9 Å². The zero-order valence-corrected chi connectivity index (χ0v) is 12.4. The maximum atomic E-state index is 12.3. The topological polar surface area (TPSA) is 41.1 Å². The Morgan fingerprint density at radius 2 is 2.22 bits per heavy atom. The minimum atomic E-state index is -0.431. The minimum Gasteiger partial charge on any atom is -0.324 e. The molecule has 98 valence electrons. The molecule has 1 fully saturated rings. The molecule has 0 spiro atoms. The number of anilines is 1. The molecule has 0 aromatic heterocycles. The third-order valence-electron chi connectivity index (χ3n) is 3.54. The molecule has 2 N–H and O–H groups in total. The Morgan fingerprint density at radius 1 is 1.44 bits per heavy atom. The van der Waals surface area contributed by atoms with Crippen LogP contribution in [-0.2, 0) is 4.79 Å². The van der Waals surface area contributed by atoms with Crippen LogP contribution in [0.1, 0.15) is 31.7 Å². The Kier molecular flexibility index (Phi) is 4.07. The van der Waals surface area contributed by atoms with Gasteiger partial charge in [-0.15, -0.1) is 0 Å². The standard InChI is InChI=1S/C14H19BrN2O/c1-10-9-11(5-6-12(10)15)17-13(18)14(2)7-3-4-8-16-14/h5-6,9,16H,3-4,7-8H2,1-2H3,(H,17,18). The normalized spacial score (nSPS) is 23.7. The van der Waals surface area contributed by atoms with Gasteiger partial charge in [0.05, 0.1) is 5.54 Å². The summed E-state index contributed by atoms with van der Waals surface area (Å²) < 4.78 is 1.06. The molecule has 0 saturated carbocycles. The van der Waals surface area contributed by atoms with Crippen LogP contribution in [0.25, 0.3) is 0 Å². The SMILES string of the molecule is Cc1cc(NC(=O)C2(C)CCCCN2)ccc1Br. The van der Waals surface area contributed by atoms with Gasteiger partial charge in [-0.2, -0.15) is 0 Å². The minimum absolute atomic E-state index is 0.0592. The lowest BCUT2D eigenvalue weighted by atomic mass is 9.90. The molecule has 1 unspecified atom stereocenters. The summed E-state index contributed by atoms with van der Waals surface area (Å²) in [5.41, 5.74) is 1.54. The van der Waals surface area contributed by atoms with Crippen molar-refractivity contribution in [2.45, 2.75) is 38.6 Å². The molecule has 1 aliphatic heterocycles. The summed E-state index contributed by atoms with van der Waals surface area (Å²) in [6.07, 6.45) is 3.16. The first kappa shape index (κ1) is 13.6. The Bertz CT molecular complexity index is 453. The van der Waals surface area contributed by atoms with Gasteiger partial charge < -0.3 is 10.6 Å². The smallest absolute Gasteiger partial charge is 0.244 e. The molecule has 1 aliphatic rings. The molecule has 0 bridgehead atoms. The first-order valence-electron chi connectivity index (χ1n) is 6.34. The Morgan fingerprint density at radius 3 is 2.83 bits per heavy atom. The lowest BCUT2D eigenvalue weighted by molar-refractivity contribution is -0.122. The third-order valence-corrected chi connectivity index (χ3v) is 4.43. The molecular formula is C14H19BrN2O. The van der Waals surface area contributed by atoms with Gasteiger partial charge >= 0.3 is 0 Å². The van der Waals surface area contributed by atoms with Crippen molar-refractivity contribution >= 4 is 27.5 Å². The van der Waals surface area contributed by atoms with Crippen LogP contribution in [0, 0.1) is 6.92 Å². The number of amides is 1. The molecule has 2 rings (SSSR count). The summed E-state index contributed by atoms with van der Waals surface area (Å²) in [4.78, 5) is 12.3. The molecule has 0 aliphatic carbocycles. The number of piperidine rings is 1. The van der Waals surface area contributed by atoms with Crippen molar-refractivity contribution in [3.63, 3.8) is 0 Å². The molecule has 1 heterocycles. The van der Waals surface area contributed by atoms with Gasteiger partial charge in [-0.25, -0.2) is 0 Å². The quantitative estimate of drug-likeness (QED) is 0.880. The lowest BCUT2D eigenvalue weighted by Gasteiger charge is -2.33. The summed E-state index contributed by atoms with van der Waals surface area (Å²) >= 11 is 3.46. The highest BCUT2D eigenvalue weighted by atomic mass is 79.9. The molecule has 4 heteroatoms. The van der Waals surface area contributed by atoms with E-state index in [1.807, 2.05) is 32.0 Å². The second kappa shape index (κ2) is 5.41. The number of carbonyl (C=O) groups is 1. The predicted octanol–water partition coefficient (Wildman–Crippen LogP) is 3.23. The average molecular weight is 311 g/mol. The average Bonchev–Trinajstić information content (AvgIpc) is 2.35. The van der Waals surface area contributed by atoms with Crippen molar-refractivity contribution in [3.05, 3.63) is 28.2 Å². The van der Waals surface area contributed by atoms with Crippen LogP contribution >= 0.6 is 15.9 Å². The van der Waals surface area contributed by atoms with Crippen molar-refractivity contribution in [3.8, 4) is 0 Å². The highest BCUT2D eigenvalue weighted by molar-refractivity contribution is 9.10. The van der Waals surface area contributed by atoms with Crippen LogP contribution < -0.4 is 10.6 Å². The van der Waals surface area contributed by atoms with Crippen LogP contribution in [0.3, 0.4) is 0 Å². The van der Waals surface area contributed by atoms with Crippen LogP contribution in [0.2, 0.25) is 0 Å². The van der Waals surface area contributed by atoms with Gasteiger partial charge in [-0.05, 0) is 63.4 Å². The maximum Gasteiger partial charge on any atom is 0.244 e. The molecule has 1 aromatic rings. The fourth-order valence-corrected chi connectivity index (χ4v) is 2.49. The van der Waals surface area contributed by atoms with E-state index in [2.05, 4.69) is 26.6 Å². The van der Waals surface area contributed by atoms with Gasteiger partial charge in [0.2, 0.25) is 5.91 Å². The number of hydrogen-bond acceptors (Lipinski definition) is 2. The van der Waals surface area contributed by atoms with Crippen molar-refractivity contribution < 1.29 is 4.79 Å². The molecular weight excluding hydrogens is 292 g/mol. The molecule has 3 nitrogen and oxygen atoms in total. The van der Waals surface area contributed by atoms with Gasteiger partial charge in [0, 0.05) is 10.2 Å². The van der Waals surface area contributed by atoms with Crippen molar-refractivity contribution in [1.82, 2.24) is 5.32 Å². The Labute approximate surface area is 116 Å². The fourth-order valence-electron chi connectivity index (χ4n) is 2.24. The number of nitrogens with one attached hydrogen (secondary N) is 2. The second-order valence-corrected chi connectivity index (χ2v) is 5.99. The molecule has 1 saturated heterocycles. The zero-order valence-electron chi connectivity index (χ0n) is 10.8. The first-order chi connectivity index (χ1) is 8.51. The highest BCUT2D eigenvalue weighted by Crippen LogP contribution is 2.23. The van der Waals surface area contributed by atoms with E-state index in [1.54, 1.807) is 0 Å². The number of carbonyl (C=O) groups excluding carboxylic acids is 1. The van der Waals surface area contributed by atoms with E-state index in [0.29, 0.717) is 0 Å². The van der Waals surface area contributed by atoms with E-state index in [9.17, 15) is 4.79 Å². The lowest BCUT2D eigenvalue weighted by Crippen LogP contribution is -2.54. The van der Waals surface area contributed by atoms with E-state index in [0.717, 1.165) is 41.5 Å². The van der Waals surface area contributed by atoms with Gasteiger partial charge in [0.1, 0.15) is 0 Å². The number of halogens is 1. The van der Waals surface area contributed by atoms with Crippen LogP contribution in [0.15, 0.2) is 22.7 Å². The van der Waals surface area contributed by atoms with Crippen LogP contribution in [0.4, 0.5) is 5.69 Å². The summed E-state index contributed by atoms with van der Waals surface area (Å²) in [5.74, 6) is 0.0592. The monoisotopic (exact) mass is 310 g/mol. The van der Waals surface area contributed by atoms with E-state index < -0.39 is 5.54 Å². The van der Waals surface area contributed by atoms with E-state index in [-0.39, 0.29) is 5.91 Å². The van der Waals surface area contributed by atoms with Crippen molar-refractivity contribution in [1.29, 1.82) is 0 Å². The van der Waals surface area contributed by atoms with Crippen LogP contribution in [0.5, 0.6) is 0 Å². The van der Waals surface area contributed by atoms with Crippen LogP contribution in [-0.4, -0.2) is 18.0 Å². The van der Waals surface area contributed by atoms with E-state index in [4.69, 9.17) is 0 Å². The van der Waals surface area contributed by atoms with E-state index >= 15 is 0 Å². The van der Waals surface area contributed by atoms with Crippen molar-refractivity contribution in [2.75, 3.05) is 11.9 Å². The van der Waals surface area contributed by atoms with Gasteiger partial charge in [0.25, 0.3) is 0 Å². The third kappa shape index (κ3) is 2.93. The van der Waals surface area contributed by atoms with Gasteiger partial charge in [0.15, 0.2) is 0 Å². The van der Waals surface area contributed by atoms with Gasteiger partial charge in [-0.3, -0.25) is 4.79 Å². The van der Waals surface area contributed by atoms with Crippen molar-refractivity contribution in [2.24, 2.45) is 0 Å². The number of aryl methyl sites for hydroxylation is 1. The number of rotatable bonds is 2. The van der Waals surface area contributed by atoms with E-state index in [1.165, 1.54) is 0 Å².